The van der Waals surface area contributed by atoms with Crippen LogP contribution in [0.5, 0.6) is 0 Å². The van der Waals surface area contributed by atoms with Gasteiger partial charge in [0.25, 0.3) is 5.91 Å². The maximum atomic E-state index is 12.0. The van der Waals surface area contributed by atoms with Gasteiger partial charge in [-0.15, -0.1) is 0 Å². The minimum atomic E-state index is -0.0166. The van der Waals surface area contributed by atoms with E-state index in [1.165, 1.54) is 12.8 Å². The Bertz CT molecular complexity index is 429. The lowest BCUT2D eigenvalue weighted by molar-refractivity contribution is 0.0949. The third kappa shape index (κ3) is 3.19. The number of hydrogen-bond acceptors (Lipinski definition) is 2. The van der Waals surface area contributed by atoms with Crippen molar-refractivity contribution in [3.63, 3.8) is 0 Å². The van der Waals surface area contributed by atoms with Crippen molar-refractivity contribution in [1.29, 1.82) is 0 Å². The number of hydrogen-bond donors (Lipinski definition) is 2. The Morgan fingerprint density at radius 3 is 2.94 bits per heavy atom. The molecular weight excluding hydrogens is 327 g/mol. The summed E-state index contributed by atoms with van der Waals surface area (Å²) in [6.07, 6.45) is 2.42. The number of nitrogens with one attached hydrogen (secondary N) is 1. The predicted octanol–water partition coefficient (Wildman–Crippen LogP) is 2.07. The molecule has 3 nitrogen and oxygen atoms in total. The molecule has 0 aromatic heterocycles. The van der Waals surface area contributed by atoms with E-state index in [9.17, 15) is 4.79 Å². The highest BCUT2D eigenvalue weighted by molar-refractivity contribution is 14.1. The van der Waals surface area contributed by atoms with Gasteiger partial charge in [0.1, 0.15) is 0 Å². The van der Waals surface area contributed by atoms with Gasteiger partial charge >= 0.3 is 0 Å². The van der Waals surface area contributed by atoms with Crippen molar-refractivity contribution in [2.75, 3.05) is 6.54 Å². The number of nitrogens with two attached hydrogens (primary N) is 1. The molecule has 17 heavy (non-hydrogen) atoms. The number of carbonyl (C=O) groups excluding carboxylic acids is 1. The summed E-state index contributed by atoms with van der Waals surface area (Å²) in [6, 6.07) is 5.88. The van der Waals surface area contributed by atoms with E-state index >= 15 is 0 Å². The molecule has 2 rings (SSSR count). The van der Waals surface area contributed by atoms with Gasteiger partial charge in [0.2, 0.25) is 0 Å². The molecule has 0 spiro atoms. The third-order valence-corrected chi connectivity index (χ3v) is 4.41. The first-order valence-corrected chi connectivity index (χ1v) is 6.96. The van der Waals surface area contributed by atoms with Crippen molar-refractivity contribution in [3.8, 4) is 0 Å². The van der Waals surface area contributed by atoms with E-state index in [2.05, 4.69) is 27.9 Å². The molecule has 0 aliphatic heterocycles. The highest BCUT2D eigenvalue weighted by Crippen LogP contribution is 2.31. The molecule has 3 N–H and O–H groups in total. The van der Waals surface area contributed by atoms with Crippen molar-refractivity contribution < 1.29 is 4.79 Å². The third-order valence-electron chi connectivity index (χ3n) is 3.24. The molecular formula is C13H17IN2O. The van der Waals surface area contributed by atoms with E-state index in [-0.39, 0.29) is 11.9 Å². The number of amides is 1. The van der Waals surface area contributed by atoms with Gasteiger partial charge in [0.05, 0.1) is 0 Å². The summed E-state index contributed by atoms with van der Waals surface area (Å²) in [5.74, 6) is 0.601. The first-order chi connectivity index (χ1) is 8.09. The average molecular weight is 344 g/mol. The Morgan fingerprint density at radius 2 is 2.29 bits per heavy atom. The average Bonchev–Trinajstić information content (AvgIpc) is 3.13. The Morgan fingerprint density at radius 1 is 1.59 bits per heavy atom. The maximum Gasteiger partial charge on any atom is 0.251 e. The van der Waals surface area contributed by atoms with Crippen LogP contribution in [0.4, 0.5) is 0 Å². The lowest BCUT2D eigenvalue weighted by atomic mass is 10.1. The summed E-state index contributed by atoms with van der Waals surface area (Å²) in [5, 5.41) is 2.92. The van der Waals surface area contributed by atoms with Crippen molar-refractivity contribution in [2.24, 2.45) is 11.7 Å². The van der Waals surface area contributed by atoms with Crippen LogP contribution in [0, 0.1) is 16.4 Å². The number of halogens is 1. The predicted molar refractivity (Wildman–Crippen MR) is 76.9 cm³/mol. The summed E-state index contributed by atoms with van der Waals surface area (Å²) in [5.41, 5.74) is 7.74. The fourth-order valence-corrected chi connectivity index (χ4v) is 2.35. The smallest absolute Gasteiger partial charge is 0.251 e. The van der Waals surface area contributed by atoms with Crippen molar-refractivity contribution in [1.82, 2.24) is 5.32 Å². The fraction of sp³-hybridized carbons (Fsp3) is 0.462. The van der Waals surface area contributed by atoms with Crippen LogP contribution in [-0.2, 0) is 0 Å². The van der Waals surface area contributed by atoms with Crippen LogP contribution in [0.2, 0.25) is 0 Å². The van der Waals surface area contributed by atoms with Crippen molar-refractivity contribution in [3.05, 3.63) is 32.9 Å². The second-order valence-corrected chi connectivity index (χ2v) is 5.79. The Labute approximate surface area is 115 Å². The van der Waals surface area contributed by atoms with E-state index in [1.807, 2.05) is 25.1 Å². The van der Waals surface area contributed by atoms with Crippen molar-refractivity contribution in [2.45, 2.75) is 25.8 Å². The molecule has 92 valence electrons. The van der Waals surface area contributed by atoms with Crippen LogP contribution < -0.4 is 11.1 Å². The number of benzene rings is 1. The number of carbonyl (C=O) groups is 1. The zero-order valence-corrected chi connectivity index (χ0v) is 12.0. The van der Waals surface area contributed by atoms with Gasteiger partial charge in [-0.1, -0.05) is 6.07 Å². The van der Waals surface area contributed by atoms with Gasteiger partial charge in [-0.3, -0.25) is 4.79 Å². The molecule has 0 radical (unpaired) electrons. The van der Waals surface area contributed by atoms with E-state index in [0.29, 0.717) is 12.5 Å². The van der Waals surface area contributed by atoms with Gasteiger partial charge < -0.3 is 11.1 Å². The fourth-order valence-electron chi connectivity index (χ4n) is 1.85. The van der Waals surface area contributed by atoms with Crippen LogP contribution in [-0.4, -0.2) is 18.5 Å². The largest absolute Gasteiger partial charge is 0.350 e. The number of rotatable bonds is 4. The van der Waals surface area contributed by atoms with Crippen LogP contribution in [0.3, 0.4) is 0 Å². The molecule has 4 heteroatoms. The summed E-state index contributed by atoms with van der Waals surface area (Å²) in [7, 11) is 0. The normalized spacial score (nSPS) is 16.6. The zero-order chi connectivity index (χ0) is 12.4. The topological polar surface area (TPSA) is 55.1 Å². The first-order valence-electron chi connectivity index (χ1n) is 5.88. The Hall–Kier alpha value is -0.620. The quantitative estimate of drug-likeness (QED) is 0.822. The van der Waals surface area contributed by atoms with Crippen LogP contribution in [0.15, 0.2) is 18.2 Å². The van der Waals surface area contributed by atoms with Crippen molar-refractivity contribution >= 4 is 28.5 Å². The molecule has 1 atom stereocenters. The highest BCUT2D eigenvalue weighted by Gasteiger charge is 2.28. The molecule has 1 aliphatic rings. The molecule has 1 saturated carbocycles. The van der Waals surface area contributed by atoms with Gasteiger partial charge in [-0.25, -0.2) is 0 Å². The molecule has 1 aliphatic carbocycles. The van der Waals surface area contributed by atoms with Crippen LogP contribution >= 0.6 is 22.6 Å². The minimum Gasteiger partial charge on any atom is -0.350 e. The van der Waals surface area contributed by atoms with E-state index in [0.717, 1.165) is 14.7 Å². The molecule has 0 heterocycles. The first kappa shape index (κ1) is 12.8. The molecule has 0 bridgehead atoms. The van der Waals surface area contributed by atoms with Crippen LogP contribution in [0.25, 0.3) is 0 Å². The SMILES string of the molecule is Cc1c(I)cccc1C(=O)NCC(N)C1CC1. The molecule has 1 aromatic rings. The summed E-state index contributed by atoms with van der Waals surface area (Å²) < 4.78 is 1.11. The van der Waals surface area contributed by atoms with E-state index < -0.39 is 0 Å². The van der Waals surface area contributed by atoms with Gasteiger partial charge in [0.15, 0.2) is 0 Å². The summed E-state index contributed by atoms with van der Waals surface area (Å²) in [6.45, 7) is 2.55. The van der Waals surface area contributed by atoms with Crippen LogP contribution in [0.1, 0.15) is 28.8 Å². The molecule has 1 amide bonds. The van der Waals surface area contributed by atoms with Gasteiger partial charge in [-0.05, 0) is 66.0 Å². The van der Waals surface area contributed by atoms with E-state index in [4.69, 9.17) is 5.73 Å². The highest BCUT2D eigenvalue weighted by atomic mass is 127. The second-order valence-electron chi connectivity index (χ2n) is 4.62. The second kappa shape index (κ2) is 5.35. The summed E-state index contributed by atoms with van der Waals surface area (Å²) >= 11 is 2.24. The van der Waals surface area contributed by atoms with E-state index in [1.54, 1.807) is 0 Å². The lowest BCUT2D eigenvalue weighted by Gasteiger charge is -2.13. The summed E-state index contributed by atoms with van der Waals surface area (Å²) in [4.78, 5) is 12.0. The zero-order valence-electron chi connectivity index (χ0n) is 9.87. The Kier molecular flexibility index (Phi) is 4.04. The molecule has 1 unspecified atom stereocenters. The lowest BCUT2D eigenvalue weighted by Crippen LogP contribution is -2.38. The maximum absolute atomic E-state index is 12.0. The monoisotopic (exact) mass is 344 g/mol. The molecule has 0 saturated heterocycles. The van der Waals surface area contributed by atoms with Gasteiger partial charge in [0, 0.05) is 21.7 Å². The minimum absolute atomic E-state index is 0.0166. The standard InChI is InChI=1S/C13H17IN2O/c1-8-10(3-2-4-11(8)14)13(17)16-7-12(15)9-5-6-9/h2-4,9,12H,5-7,15H2,1H3,(H,16,17). The Balaban J connectivity index is 1.96. The van der Waals surface area contributed by atoms with Gasteiger partial charge in [-0.2, -0.15) is 0 Å². The molecule has 1 aromatic carbocycles. The molecule has 1 fully saturated rings.